The summed E-state index contributed by atoms with van der Waals surface area (Å²) >= 11 is 0. The highest BCUT2D eigenvalue weighted by Gasteiger charge is 2.19. The summed E-state index contributed by atoms with van der Waals surface area (Å²) in [6.07, 6.45) is -0.633. The van der Waals surface area contributed by atoms with Crippen LogP contribution >= 0.6 is 0 Å². The predicted molar refractivity (Wildman–Crippen MR) is 58.2 cm³/mol. The molecule has 0 aliphatic carbocycles. The molecule has 1 aromatic rings. The topological polar surface area (TPSA) is 64.7 Å². The summed E-state index contributed by atoms with van der Waals surface area (Å²) in [4.78, 5) is 0. The van der Waals surface area contributed by atoms with Crippen molar-refractivity contribution in [3.8, 4) is 11.5 Å². The van der Waals surface area contributed by atoms with E-state index < -0.39 is 12.1 Å². The van der Waals surface area contributed by atoms with Crippen molar-refractivity contribution >= 4 is 0 Å². The third-order valence-corrected chi connectivity index (χ3v) is 2.31. The van der Waals surface area contributed by atoms with Gasteiger partial charge in [0, 0.05) is 5.56 Å². The van der Waals surface area contributed by atoms with Crippen molar-refractivity contribution in [1.29, 1.82) is 0 Å². The van der Waals surface area contributed by atoms with E-state index in [0.717, 1.165) is 5.56 Å². The number of rotatable bonds is 4. The summed E-state index contributed by atoms with van der Waals surface area (Å²) in [7, 11) is 3.12. The summed E-state index contributed by atoms with van der Waals surface area (Å²) in [6, 6.07) is 4.95. The van der Waals surface area contributed by atoms with Crippen LogP contribution in [0.3, 0.4) is 0 Å². The Morgan fingerprint density at radius 2 is 1.93 bits per heavy atom. The van der Waals surface area contributed by atoms with Gasteiger partial charge in [-0.3, -0.25) is 0 Å². The van der Waals surface area contributed by atoms with Crippen LogP contribution in [0.5, 0.6) is 11.5 Å². The Balaban J connectivity index is 3.16. The van der Waals surface area contributed by atoms with Gasteiger partial charge in [-0.05, 0) is 13.0 Å². The third-order valence-electron chi connectivity index (χ3n) is 2.31. The van der Waals surface area contributed by atoms with Gasteiger partial charge in [0.25, 0.3) is 0 Å². The molecule has 1 rings (SSSR count). The molecule has 4 heteroatoms. The van der Waals surface area contributed by atoms with Crippen LogP contribution in [0.15, 0.2) is 18.2 Å². The van der Waals surface area contributed by atoms with E-state index in [1.165, 1.54) is 0 Å². The molecular formula is C11H17NO3. The molecule has 0 spiro atoms. The Kier molecular flexibility index (Phi) is 3.94. The van der Waals surface area contributed by atoms with Gasteiger partial charge in [0.1, 0.15) is 0 Å². The van der Waals surface area contributed by atoms with E-state index in [1.807, 2.05) is 12.1 Å². The zero-order chi connectivity index (χ0) is 11.4. The zero-order valence-electron chi connectivity index (χ0n) is 9.23. The van der Waals surface area contributed by atoms with Crippen molar-refractivity contribution in [3.63, 3.8) is 0 Å². The number of aliphatic hydroxyl groups is 1. The largest absolute Gasteiger partial charge is 0.493 e. The van der Waals surface area contributed by atoms with E-state index in [2.05, 4.69) is 0 Å². The van der Waals surface area contributed by atoms with Gasteiger partial charge < -0.3 is 20.3 Å². The molecule has 0 aliphatic heterocycles. The fraction of sp³-hybridized carbons (Fsp3) is 0.455. The lowest BCUT2D eigenvalue weighted by molar-refractivity contribution is 0.162. The Hall–Kier alpha value is -1.26. The normalized spacial score (nSPS) is 14.5. The van der Waals surface area contributed by atoms with E-state index in [-0.39, 0.29) is 0 Å². The van der Waals surface area contributed by atoms with E-state index >= 15 is 0 Å². The molecule has 3 N–H and O–H groups in total. The van der Waals surface area contributed by atoms with Gasteiger partial charge in [0.2, 0.25) is 0 Å². The Morgan fingerprint density at radius 3 is 2.40 bits per heavy atom. The van der Waals surface area contributed by atoms with Crippen molar-refractivity contribution in [1.82, 2.24) is 0 Å². The molecule has 2 atom stereocenters. The molecule has 0 saturated carbocycles. The lowest BCUT2D eigenvalue weighted by atomic mass is 10.0. The maximum absolute atomic E-state index is 9.44. The van der Waals surface area contributed by atoms with E-state index in [1.54, 1.807) is 27.2 Å². The van der Waals surface area contributed by atoms with Crippen molar-refractivity contribution in [3.05, 3.63) is 23.8 Å². The summed E-state index contributed by atoms with van der Waals surface area (Å²) in [5, 5.41) is 9.44. The SMILES string of the molecule is COc1cccc([C@@H](N)[C@H](C)O)c1OC. The lowest BCUT2D eigenvalue weighted by Crippen LogP contribution is -2.23. The predicted octanol–water partition coefficient (Wildman–Crippen LogP) is 1.08. The molecule has 0 radical (unpaired) electrons. The first kappa shape index (κ1) is 11.8. The second-order valence-corrected chi connectivity index (χ2v) is 3.35. The first-order valence-electron chi connectivity index (χ1n) is 4.76. The molecule has 0 bridgehead atoms. The number of benzene rings is 1. The number of aliphatic hydroxyl groups excluding tert-OH is 1. The van der Waals surface area contributed by atoms with Gasteiger partial charge >= 0.3 is 0 Å². The van der Waals surface area contributed by atoms with Crippen molar-refractivity contribution in [2.45, 2.75) is 19.1 Å². The van der Waals surface area contributed by atoms with Crippen LogP contribution in [-0.4, -0.2) is 25.4 Å². The van der Waals surface area contributed by atoms with Gasteiger partial charge in [-0.15, -0.1) is 0 Å². The van der Waals surface area contributed by atoms with Crippen LogP contribution in [0.25, 0.3) is 0 Å². The van der Waals surface area contributed by atoms with E-state index in [9.17, 15) is 5.11 Å². The molecule has 15 heavy (non-hydrogen) atoms. The van der Waals surface area contributed by atoms with Crippen molar-refractivity contribution in [2.75, 3.05) is 14.2 Å². The highest BCUT2D eigenvalue weighted by atomic mass is 16.5. The Morgan fingerprint density at radius 1 is 1.27 bits per heavy atom. The number of hydrogen-bond acceptors (Lipinski definition) is 4. The number of methoxy groups -OCH3 is 2. The maximum Gasteiger partial charge on any atom is 0.165 e. The number of ether oxygens (including phenoxy) is 2. The quantitative estimate of drug-likeness (QED) is 0.782. The summed E-state index contributed by atoms with van der Waals surface area (Å²) < 4.78 is 10.4. The van der Waals surface area contributed by atoms with Gasteiger partial charge in [-0.2, -0.15) is 0 Å². The molecular weight excluding hydrogens is 194 g/mol. The zero-order valence-corrected chi connectivity index (χ0v) is 9.23. The number of para-hydroxylation sites is 1. The molecule has 1 aromatic carbocycles. The molecule has 0 fully saturated rings. The van der Waals surface area contributed by atoms with Crippen LogP contribution in [0.4, 0.5) is 0 Å². The second-order valence-electron chi connectivity index (χ2n) is 3.35. The van der Waals surface area contributed by atoms with Gasteiger partial charge in [-0.1, -0.05) is 12.1 Å². The first-order chi connectivity index (χ1) is 7.11. The highest BCUT2D eigenvalue weighted by molar-refractivity contribution is 5.48. The van der Waals surface area contributed by atoms with Gasteiger partial charge in [-0.25, -0.2) is 0 Å². The Labute approximate surface area is 89.6 Å². The molecule has 0 saturated heterocycles. The fourth-order valence-electron chi connectivity index (χ4n) is 1.43. The highest BCUT2D eigenvalue weighted by Crippen LogP contribution is 2.34. The molecule has 0 aliphatic rings. The maximum atomic E-state index is 9.44. The van der Waals surface area contributed by atoms with Crippen molar-refractivity contribution < 1.29 is 14.6 Å². The molecule has 0 amide bonds. The molecule has 0 unspecified atom stereocenters. The van der Waals surface area contributed by atoms with E-state index in [0.29, 0.717) is 11.5 Å². The second kappa shape index (κ2) is 5.00. The number of hydrogen-bond donors (Lipinski definition) is 2. The molecule has 84 valence electrons. The van der Waals surface area contributed by atoms with Crippen LogP contribution in [-0.2, 0) is 0 Å². The van der Waals surface area contributed by atoms with Crippen LogP contribution in [0.2, 0.25) is 0 Å². The number of nitrogens with two attached hydrogens (primary N) is 1. The smallest absolute Gasteiger partial charge is 0.165 e. The fourth-order valence-corrected chi connectivity index (χ4v) is 1.43. The lowest BCUT2D eigenvalue weighted by Gasteiger charge is -2.19. The molecule has 0 heterocycles. The third kappa shape index (κ3) is 2.40. The average Bonchev–Trinajstić information content (AvgIpc) is 2.26. The van der Waals surface area contributed by atoms with Crippen molar-refractivity contribution in [2.24, 2.45) is 5.73 Å². The van der Waals surface area contributed by atoms with Crippen LogP contribution < -0.4 is 15.2 Å². The van der Waals surface area contributed by atoms with Gasteiger partial charge in [0.15, 0.2) is 11.5 Å². The first-order valence-corrected chi connectivity index (χ1v) is 4.76. The average molecular weight is 211 g/mol. The van der Waals surface area contributed by atoms with Crippen LogP contribution in [0, 0.1) is 0 Å². The standard InChI is InChI=1S/C11H17NO3/c1-7(13)10(12)8-5-4-6-9(14-2)11(8)15-3/h4-7,10,13H,12H2,1-3H3/t7-,10-/m0/s1. The summed E-state index contributed by atoms with van der Waals surface area (Å²) in [5.74, 6) is 1.19. The van der Waals surface area contributed by atoms with E-state index in [4.69, 9.17) is 15.2 Å². The Bertz CT molecular complexity index is 326. The molecule has 0 aromatic heterocycles. The summed E-state index contributed by atoms with van der Waals surface area (Å²) in [5.41, 5.74) is 6.59. The summed E-state index contributed by atoms with van der Waals surface area (Å²) in [6.45, 7) is 1.64. The minimum Gasteiger partial charge on any atom is -0.493 e. The van der Waals surface area contributed by atoms with Gasteiger partial charge in [0.05, 0.1) is 26.4 Å². The van der Waals surface area contributed by atoms with Crippen LogP contribution in [0.1, 0.15) is 18.5 Å². The minimum absolute atomic E-state index is 0.477. The molecule has 4 nitrogen and oxygen atoms in total. The minimum atomic E-state index is -0.633. The monoisotopic (exact) mass is 211 g/mol.